The van der Waals surface area contributed by atoms with E-state index in [1.165, 1.54) is 0 Å². The maximum atomic E-state index is 12.4. The summed E-state index contributed by atoms with van der Waals surface area (Å²) in [5.41, 5.74) is 7.46. The molecule has 2 rings (SSSR count). The maximum Gasteiger partial charge on any atom is 0.243 e. The fourth-order valence-electron chi connectivity index (χ4n) is 2.08. The predicted octanol–water partition coefficient (Wildman–Crippen LogP) is 2.06. The molecular weight excluding hydrogens is 288 g/mol. The number of hydrogen-bond acceptors (Lipinski definition) is 4. The van der Waals surface area contributed by atoms with Gasteiger partial charge in [-0.05, 0) is 36.2 Å². The summed E-state index contributed by atoms with van der Waals surface area (Å²) in [6.45, 7) is 1.89. The molecule has 112 valence electrons. The van der Waals surface area contributed by atoms with Crippen molar-refractivity contribution in [3.8, 4) is 5.75 Å². The minimum atomic E-state index is -3.66. The van der Waals surface area contributed by atoms with Crippen molar-refractivity contribution in [2.45, 2.75) is 18.4 Å². The van der Waals surface area contributed by atoms with Crippen molar-refractivity contribution >= 4 is 15.7 Å². The first-order valence-corrected chi connectivity index (χ1v) is 7.90. The molecule has 0 bridgehead atoms. The van der Waals surface area contributed by atoms with Gasteiger partial charge in [-0.15, -0.1) is 0 Å². The third kappa shape index (κ3) is 3.53. The number of nitrogens with one attached hydrogen (secondary N) is 1. The molecule has 0 unspecified atom stereocenters. The van der Waals surface area contributed by atoms with Crippen molar-refractivity contribution in [2.24, 2.45) is 0 Å². The van der Waals surface area contributed by atoms with E-state index in [9.17, 15) is 8.42 Å². The third-order valence-corrected chi connectivity index (χ3v) is 4.73. The minimum absolute atomic E-state index is 0.132. The zero-order valence-corrected chi connectivity index (χ0v) is 12.8. The summed E-state index contributed by atoms with van der Waals surface area (Å²) in [5.74, 6) is 0.683. The van der Waals surface area contributed by atoms with E-state index in [1.807, 2.05) is 12.1 Å². The molecule has 21 heavy (non-hydrogen) atoms. The Morgan fingerprint density at radius 2 is 1.90 bits per heavy atom. The van der Waals surface area contributed by atoms with Gasteiger partial charge in [0.15, 0.2) is 0 Å². The van der Waals surface area contributed by atoms with Gasteiger partial charge in [-0.1, -0.05) is 24.3 Å². The second-order valence-corrected chi connectivity index (χ2v) is 6.37. The van der Waals surface area contributed by atoms with E-state index < -0.39 is 10.0 Å². The number of benzene rings is 2. The molecule has 6 heteroatoms. The molecule has 2 aromatic carbocycles. The highest BCUT2D eigenvalue weighted by Gasteiger charge is 2.19. The molecule has 2 aromatic rings. The predicted molar refractivity (Wildman–Crippen MR) is 82.6 cm³/mol. The summed E-state index contributed by atoms with van der Waals surface area (Å²) in [7, 11) is -2.09. The zero-order chi connectivity index (χ0) is 15.5. The molecule has 0 aliphatic rings. The SMILES string of the molecule is COc1cccc(CNS(=O)(=O)c2c(C)cccc2N)c1. The van der Waals surface area contributed by atoms with Crippen molar-refractivity contribution in [2.75, 3.05) is 12.8 Å². The van der Waals surface area contributed by atoms with Crippen LogP contribution in [0.15, 0.2) is 47.4 Å². The fraction of sp³-hybridized carbons (Fsp3) is 0.200. The van der Waals surface area contributed by atoms with Gasteiger partial charge in [0.25, 0.3) is 0 Å². The summed E-state index contributed by atoms with van der Waals surface area (Å²) in [5, 5.41) is 0. The number of sulfonamides is 1. The van der Waals surface area contributed by atoms with Crippen LogP contribution in [0, 0.1) is 6.92 Å². The lowest BCUT2D eigenvalue weighted by atomic mass is 10.2. The topological polar surface area (TPSA) is 81.4 Å². The molecule has 0 heterocycles. The smallest absolute Gasteiger partial charge is 0.243 e. The van der Waals surface area contributed by atoms with Crippen LogP contribution in [0.4, 0.5) is 5.69 Å². The minimum Gasteiger partial charge on any atom is -0.497 e. The Hall–Kier alpha value is -2.05. The molecule has 0 atom stereocenters. The molecule has 0 aliphatic heterocycles. The van der Waals surface area contributed by atoms with Gasteiger partial charge in [0.05, 0.1) is 12.8 Å². The lowest BCUT2D eigenvalue weighted by Gasteiger charge is -2.12. The first kappa shape index (κ1) is 15.3. The van der Waals surface area contributed by atoms with E-state index in [0.29, 0.717) is 11.3 Å². The van der Waals surface area contributed by atoms with Gasteiger partial charge in [-0.3, -0.25) is 0 Å². The van der Waals surface area contributed by atoms with Gasteiger partial charge < -0.3 is 10.5 Å². The van der Waals surface area contributed by atoms with Crippen molar-refractivity contribution < 1.29 is 13.2 Å². The van der Waals surface area contributed by atoms with Crippen LogP contribution < -0.4 is 15.2 Å². The second-order valence-electron chi connectivity index (χ2n) is 4.67. The highest BCUT2D eigenvalue weighted by molar-refractivity contribution is 7.89. The quantitative estimate of drug-likeness (QED) is 0.829. The molecular formula is C15H18N2O3S. The van der Waals surface area contributed by atoms with Crippen LogP contribution >= 0.6 is 0 Å². The van der Waals surface area contributed by atoms with Crippen LogP contribution in [0.25, 0.3) is 0 Å². The number of ether oxygens (including phenoxy) is 1. The number of anilines is 1. The molecule has 0 saturated carbocycles. The summed E-state index contributed by atoms with van der Waals surface area (Å²) in [6.07, 6.45) is 0. The number of nitrogen functional groups attached to an aromatic ring is 1. The van der Waals surface area contributed by atoms with Crippen LogP contribution in [0.5, 0.6) is 5.75 Å². The molecule has 0 aromatic heterocycles. The number of nitrogens with two attached hydrogens (primary N) is 1. The summed E-state index contributed by atoms with van der Waals surface area (Å²) < 4.78 is 32.4. The van der Waals surface area contributed by atoms with E-state index in [2.05, 4.69) is 4.72 Å². The molecule has 0 aliphatic carbocycles. The molecule has 0 spiro atoms. The highest BCUT2D eigenvalue weighted by atomic mass is 32.2. The maximum absolute atomic E-state index is 12.4. The van der Waals surface area contributed by atoms with E-state index in [1.54, 1.807) is 44.4 Å². The summed E-state index contributed by atoms with van der Waals surface area (Å²) >= 11 is 0. The van der Waals surface area contributed by atoms with Gasteiger partial charge in [-0.2, -0.15) is 0 Å². The Kier molecular flexibility index (Phi) is 4.50. The Morgan fingerprint density at radius 3 is 2.57 bits per heavy atom. The Labute approximate surface area is 124 Å². The first-order chi connectivity index (χ1) is 9.94. The van der Waals surface area contributed by atoms with E-state index in [0.717, 1.165) is 5.56 Å². The zero-order valence-electron chi connectivity index (χ0n) is 12.0. The molecule has 0 radical (unpaired) electrons. The van der Waals surface area contributed by atoms with Crippen molar-refractivity contribution in [1.29, 1.82) is 0 Å². The molecule has 3 N–H and O–H groups in total. The Morgan fingerprint density at radius 1 is 1.19 bits per heavy atom. The Bertz CT molecular complexity index is 722. The van der Waals surface area contributed by atoms with Crippen LogP contribution in [0.1, 0.15) is 11.1 Å². The van der Waals surface area contributed by atoms with Crippen molar-refractivity contribution in [3.05, 3.63) is 53.6 Å². The first-order valence-electron chi connectivity index (χ1n) is 6.42. The molecule has 0 saturated heterocycles. The van der Waals surface area contributed by atoms with Gasteiger partial charge in [0.2, 0.25) is 10.0 Å². The van der Waals surface area contributed by atoms with Gasteiger partial charge in [0.1, 0.15) is 10.6 Å². The van der Waals surface area contributed by atoms with Crippen LogP contribution in [0.3, 0.4) is 0 Å². The van der Waals surface area contributed by atoms with Crippen LogP contribution in [-0.4, -0.2) is 15.5 Å². The average Bonchev–Trinajstić information content (AvgIpc) is 2.45. The van der Waals surface area contributed by atoms with Crippen molar-refractivity contribution in [3.63, 3.8) is 0 Å². The van der Waals surface area contributed by atoms with E-state index >= 15 is 0 Å². The monoisotopic (exact) mass is 306 g/mol. The third-order valence-electron chi connectivity index (χ3n) is 3.11. The van der Waals surface area contributed by atoms with Crippen LogP contribution in [-0.2, 0) is 16.6 Å². The number of aryl methyl sites for hydroxylation is 1. The number of hydrogen-bond donors (Lipinski definition) is 2. The lowest BCUT2D eigenvalue weighted by molar-refractivity contribution is 0.414. The summed E-state index contributed by atoms with van der Waals surface area (Å²) in [6, 6.07) is 12.2. The number of rotatable bonds is 5. The number of methoxy groups -OCH3 is 1. The van der Waals surface area contributed by atoms with Crippen LogP contribution in [0.2, 0.25) is 0 Å². The van der Waals surface area contributed by atoms with Crippen molar-refractivity contribution in [1.82, 2.24) is 4.72 Å². The largest absolute Gasteiger partial charge is 0.497 e. The second kappa shape index (κ2) is 6.15. The average molecular weight is 306 g/mol. The molecule has 0 amide bonds. The standard InChI is InChI=1S/C15H18N2O3S/c1-11-5-3-8-14(16)15(11)21(18,19)17-10-12-6-4-7-13(9-12)20-2/h3-9,17H,10,16H2,1-2H3. The molecule has 0 fully saturated rings. The Balaban J connectivity index is 2.22. The van der Waals surface area contributed by atoms with Gasteiger partial charge in [-0.25, -0.2) is 13.1 Å². The van der Waals surface area contributed by atoms with E-state index in [-0.39, 0.29) is 17.1 Å². The summed E-state index contributed by atoms with van der Waals surface area (Å²) in [4.78, 5) is 0.132. The normalized spacial score (nSPS) is 11.3. The highest BCUT2D eigenvalue weighted by Crippen LogP contribution is 2.22. The van der Waals surface area contributed by atoms with Gasteiger partial charge in [0, 0.05) is 6.54 Å². The lowest BCUT2D eigenvalue weighted by Crippen LogP contribution is -2.25. The fourth-order valence-corrected chi connectivity index (χ4v) is 3.45. The molecule has 5 nitrogen and oxygen atoms in total. The van der Waals surface area contributed by atoms with Gasteiger partial charge >= 0.3 is 0 Å². The van der Waals surface area contributed by atoms with E-state index in [4.69, 9.17) is 10.5 Å².